The lowest BCUT2D eigenvalue weighted by atomic mass is 10.1. The van der Waals surface area contributed by atoms with E-state index in [9.17, 15) is 12.8 Å². The molecular formula is C23H23ClFN5O2S2. The van der Waals surface area contributed by atoms with Crippen LogP contribution in [0.5, 0.6) is 0 Å². The van der Waals surface area contributed by atoms with Gasteiger partial charge < -0.3 is 9.88 Å². The number of anilines is 2. The molecule has 0 aliphatic carbocycles. The van der Waals surface area contributed by atoms with Crippen LogP contribution >= 0.6 is 22.9 Å². The molecule has 1 aliphatic heterocycles. The Kier molecular flexibility index (Phi) is 6.24. The zero-order chi connectivity index (χ0) is 23.9. The van der Waals surface area contributed by atoms with Crippen molar-refractivity contribution in [3.63, 3.8) is 0 Å². The number of likely N-dealkylation sites (tertiary alicyclic amines) is 1. The van der Waals surface area contributed by atoms with Crippen molar-refractivity contribution in [1.82, 2.24) is 14.9 Å². The van der Waals surface area contributed by atoms with E-state index in [0.717, 1.165) is 37.6 Å². The lowest BCUT2D eigenvalue weighted by molar-refractivity contribution is 0.326. The van der Waals surface area contributed by atoms with E-state index in [1.807, 2.05) is 18.1 Å². The van der Waals surface area contributed by atoms with Crippen LogP contribution in [0.2, 0.25) is 5.02 Å². The SMILES string of the molecule is CN(c1cc(F)c(S(=O)(=O)Nc2cscn2)cc1Cl)[C@H]1CCN(Cc2ccc3[nH]ccc3c2)C1. The van der Waals surface area contributed by atoms with Crippen molar-refractivity contribution >= 4 is 55.4 Å². The lowest BCUT2D eigenvalue weighted by Gasteiger charge is -2.28. The first-order chi connectivity index (χ1) is 16.3. The Hall–Kier alpha value is -2.66. The molecule has 1 atom stereocenters. The van der Waals surface area contributed by atoms with Crippen LogP contribution in [0.25, 0.3) is 10.9 Å². The molecule has 1 aliphatic rings. The van der Waals surface area contributed by atoms with Gasteiger partial charge in [0.2, 0.25) is 0 Å². The standard InChI is InChI=1S/C23H23ClFN5O2S2/c1-29(17-5-7-30(12-17)11-15-2-3-20-16(8-15)4-6-26-20)21-10-19(25)22(9-18(21)24)34(31,32)28-23-13-33-14-27-23/h2-4,6,8-10,13-14,17,26,28H,5,7,11-12H2,1H3/t17-/m0/s1. The van der Waals surface area contributed by atoms with E-state index in [1.165, 1.54) is 39.2 Å². The Morgan fingerprint density at radius 2 is 2.18 bits per heavy atom. The Labute approximate surface area is 206 Å². The maximum absolute atomic E-state index is 14.9. The van der Waals surface area contributed by atoms with Crippen LogP contribution in [0, 0.1) is 5.82 Å². The molecule has 3 heterocycles. The number of nitrogens with one attached hydrogen (secondary N) is 2. The van der Waals surface area contributed by atoms with Gasteiger partial charge in [0.05, 0.1) is 16.2 Å². The van der Waals surface area contributed by atoms with Gasteiger partial charge in [-0.25, -0.2) is 17.8 Å². The molecule has 4 aromatic rings. The quantitative estimate of drug-likeness (QED) is 0.362. The van der Waals surface area contributed by atoms with Gasteiger partial charge in [0.15, 0.2) is 5.82 Å². The summed E-state index contributed by atoms with van der Waals surface area (Å²) in [6.45, 7) is 2.53. The third-order valence-electron chi connectivity index (χ3n) is 6.16. The number of fused-ring (bicyclic) bond motifs is 1. The molecule has 5 rings (SSSR count). The summed E-state index contributed by atoms with van der Waals surface area (Å²) in [5.41, 5.74) is 4.31. The molecule has 2 N–H and O–H groups in total. The summed E-state index contributed by atoms with van der Waals surface area (Å²) in [5.74, 6) is -0.716. The molecule has 11 heteroatoms. The van der Waals surface area contributed by atoms with Crippen LogP contribution in [-0.4, -0.2) is 49.5 Å². The molecule has 178 valence electrons. The molecular weight excluding hydrogens is 497 g/mol. The van der Waals surface area contributed by atoms with Gasteiger partial charge in [-0.1, -0.05) is 17.7 Å². The van der Waals surface area contributed by atoms with E-state index in [0.29, 0.717) is 5.69 Å². The average molecular weight is 520 g/mol. The van der Waals surface area contributed by atoms with E-state index in [1.54, 1.807) is 0 Å². The maximum atomic E-state index is 14.9. The number of rotatable bonds is 7. The number of benzene rings is 2. The van der Waals surface area contributed by atoms with Crippen molar-refractivity contribution in [2.24, 2.45) is 0 Å². The van der Waals surface area contributed by atoms with Crippen LogP contribution in [-0.2, 0) is 16.6 Å². The second-order valence-corrected chi connectivity index (χ2v) is 11.2. The fourth-order valence-corrected chi connectivity index (χ4v) is 6.38. The zero-order valence-corrected chi connectivity index (χ0v) is 20.7. The van der Waals surface area contributed by atoms with Gasteiger partial charge in [-0.3, -0.25) is 9.62 Å². The van der Waals surface area contributed by atoms with Gasteiger partial charge in [0.25, 0.3) is 10.0 Å². The van der Waals surface area contributed by atoms with E-state index in [2.05, 4.69) is 43.9 Å². The Morgan fingerprint density at radius 1 is 1.32 bits per heavy atom. The summed E-state index contributed by atoms with van der Waals surface area (Å²) >= 11 is 7.68. The molecule has 0 bridgehead atoms. The van der Waals surface area contributed by atoms with E-state index in [-0.39, 0.29) is 16.9 Å². The molecule has 2 aromatic carbocycles. The fraction of sp³-hybridized carbons (Fsp3) is 0.261. The first-order valence-corrected chi connectivity index (χ1v) is 13.5. The number of aromatic nitrogens is 2. The van der Waals surface area contributed by atoms with Gasteiger partial charge in [0.1, 0.15) is 10.7 Å². The highest BCUT2D eigenvalue weighted by atomic mass is 35.5. The van der Waals surface area contributed by atoms with Crippen LogP contribution < -0.4 is 9.62 Å². The summed E-state index contributed by atoms with van der Waals surface area (Å²) in [4.78, 5) is 10.9. The first-order valence-electron chi connectivity index (χ1n) is 10.7. The van der Waals surface area contributed by atoms with Crippen LogP contribution in [0.3, 0.4) is 0 Å². The van der Waals surface area contributed by atoms with Gasteiger partial charge >= 0.3 is 0 Å². The summed E-state index contributed by atoms with van der Waals surface area (Å²) in [5, 5.41) is 2.90. The van der Waals surface area contributed by atoms with Crippen molar-refractivity contribution in [2.75, 3.05) is 29.8 Å². The minimum atomic E-state index is -4.15. The molecule has 1 fully saturated rings. The van der Waals surface area contributed by atoms with Crippen molar-refractivity contribution in [3.8, 4) is 0 Å². The normalized spacial score (nSPS) is 16.9. The second-order valence-electron chi connectivity index (χ2n) is 8.40. The highest BCUT2D eigenvalue weighted by Gasteiger charge is 2.29. The summed E-state index contributed by atoms with van der Waals surface area (Å²) in [7, 11) is -2.28. The molecule has 2 aromatic heterocycles. The van der Waals surface area contributed by atoms with Crippen molar-refractivity contribution in [3.05, 3.63) is 69.9 Å². The van der Waals surface area contributed by atoms with Gasteiger partial charge in [-0.05, 0) is 41.6 Å². The molecule has 0 radical (unpaired) electrons. The number of nitrogens with zero attached hydrogens (tertiary/aromatic N) is 3. The molecule has 1 saturated heterocycles. The van der Waals surface area contributed by atoms with Gasteiger partial charge in [0, 0.05) is 55.9 Å². The largest absolute Gasteiger partial charge is 0.369 e. The summed E-state index contributed by atoms with van der Waals surface area (Å²) in [6.07, 6.45) is 2.83. The Bertz CT molecular complexity index is 1420. The summed E-state index contributed by atoms with van der Waals surface area (Å²) in [6, 6.07) is 11.0. The lowest BCUT2D eigenvalue weighted by Crippen LogP contribution is -2.34. The molecule has 0 unspecified atom stereocenters. The van der Waals surface area contributed by atoms with Crippen molar-refractivity contribution in [2.45, 2.75) is 23.9 Å². The van der Waals surface area contributed by atoms with Gasteiger partial charge in [-0.15, -0.1) is 11.3 Å². The predicted molar refractivity (Wildman–Crippen MR) is 135 cm³/mol. The minimum absolute atomic E-state index is 0.128. The highest BCUT2D eigenvalue weighted by Crippen LogP contribution is 2.34. The Morgan fingerprint density at radius 3 is 2.97 bits per heavy atom. The monoisotopic (exact) mass is 519 g/mol. The molecule has 0 saturated carbocycles. The third-order valence-corrected chi connectivity index (χ3v) is 8.42. The highest BCUT2D eigenvalue weighted by molar-refractivity contribution is 7.92. The van der Waals surface area contributed by atoms with E-state index in [4.69, 9.17) is 11.6 Å². The van der Waals surface area contributed by atoms with Crippen molar-refractivity contribution in [1.29, 1.82) is 0 Å². The molecule has 0 spiro atoms. The molecule has 34 heavy (non-hydrogen) atoms. The average Bonchev–Trinajstić information content (AvgIpc) is 3.56. The smallest absolute Gasteiger partial charge is 0.266 e. The first kappa shape index (κ1) is 23.1. The van der Waals surface area contributed by atoms with E-state index < -0.39 is 20.7 Å². The predicted octanol–water partition coefficient (Wildman–Crippen LogP) is 4.93. The number of hydrogen-bond donors (Lipinski definition) is 2. The number of aromatic amines is 1. The third kappa shape index (κ3) is 4.63. The number of H-pyrrole nitrogens is 1. The number of thiazole rings is 1. The summed E-state index contributed by atoms with van der Waals surface area (Å²) < 4.78 is 42.5. The Balaban J connectivity index is 1.29. The molecule has 7 nitrogen and oxygen atoms in total. The number of halogens is 2. The second kappa shape index (κ2) is 9.18. The number of sulfonamides is 1. The fourth-order valence-electron chi connectivity index (χ4n) is 4.38. The van der Waals surface area contributed by atoms with Crippen LogP contribution in [0.15, 0.2) is 58.4 Å². The topological polar surface area (TPSA) is 81.3 Å². The molecule has 0 amide bonds. The maximum Gasteiger partial charge on any atom is 0.266 e. The minimum Gasteiger partial charge on any atom is -0.369 e. The van der Waals surface area contributed by atoms with Gasteiger partial charge in [-0.2, -0.15) is 0 Å². The number of likely N-dealkylation sites (N-methyl/N-ethyl adjacent to an activating group) is 1. The zero-order valence-electron chi connectivity index (χ0n) is 18.3. The van der Waals surface area contributed by atoms with Crippen LogP contribution in [0.4, 0.5) is 15.9 Å². The van der Waals surface area contributed by atoms with Crippen LogP contribution in [0.1, 0.15) is 12.0 Å². The van der Waals surface area contributed by atoms with Crippen molar-refractivity contribution < 1.29 is 12.8 Å². The van der Waals surface area contributed by atoms with E-state index >= 15 is 0 Å². The number of hydrogen-bond acceptors (Lipinski definition) is 6.